The highest BCUT2D eigenvalue weighted by molar-refractivity contribution is 6.30. The van der Waals surface area contributed by atoms with Gasteiger partial charge in [0, 0.05) is 18.8 Å². The molecule has 194 valence electrons. The van der Waals surface area contributed by atoms with Crippen LogP contribution in [-0.2, 0) is 16.1 Å². The predicted molar refractivity (Wildman–Crippen MR) is 132 cm³/mol. The molecule has 1 amide bonds. The average molecular weight is 522 g/mol. The Bertz CT molecular complexity index is 1250. The molecule has 0 radical (unpaired) electrons. The summed E-state index contributed by atoms with van der Waals surface area (Å²) >= 11 is 6.25. The predicted octanol–water partition coefficient (Wildman–Crippen LogP) is 5.64. The Morgan fingerprint density at radius 1 is 1.22 bits per heavy atom. The number of fused-ring (bicyclic) bond motifs is 1. The van der Waals surface area contributed by atoms with E-state index in [1.54, 1.807) is 27.7 Å². The van der Waals surface area contributed by atoms with E-state index in [0.717, 1.165) is 12.1 Å². The number of carbonyl (C=O) groups excluding carboxylic acids is 2. The Morgan fingerprint density at radius 2 is 1.89 bits per heavy atom. The van der Waals surface area contributed by atoms with E-state index in [9.17, 15) is 18.4 Å². The number of pyridine rings is 1. The van der Waals surface area contributed by atoms with Crippen LogP contribution in [0.1, 0.15) is 62.3 Å². The quantitative estimate of drug-likeness (QED) is 0.368. The number of nitrogens with one attached hydrogen (secondary N) is 1. The number of hydrogen-bond donors (Lipinski definition) is 1. The molecule has 2 aromatic heterocycles. The number of halogens is 3. The van der Waals surface area contributed by atoms with Crippen molar-refractivity contribution in [1.82, 2.24) is 14.7 Å². The van der Waals surface area contributed by atoms with Crippen molar-refractivity contribution in [2.24, 2.45) is 5.92 Å². The number of amides is 1. The maximum atomic E-state index is 14.0. The van der Waals surface area contributed by atoms with E-state index in [1.165, 1.54) is 22.7 Å². The van der Waals surface area contributed by atoms with Crippen LogP contribution in [0.5, 0.6) is 5.75 Å². The number of nitrogens with zero attached hydrogens (tertiary/aromatic N) is 2. The van der Waals surface area contributed by atoms with E-state index in [2.05, 4.69) is 10.3 Å². The molecule has 1 atom stereocenters. The first kappa shape index (κ1) is 27.4. The fourth-order valence-corrected chi connectivity index (χ4v) is 3.89. The van der Waals surface area contributed by atoms with Crippen LogP contribution in [0.3, 0.4) is 0 Å². The smallest absolute Gasteiger partial charge is 0.306 e. The summed E-state index contributed by atoms with van der Waals surface area (Å²) in [6.45, 7) is 8.88. The number of rotatable bonds is 9. The fourth-order valence-electron chi connectivity index (χ4n) is 3.70. The number of imidazole rings is 1. The van der Waals surface area contributed by atoms with Crippen LogP contribution < -0.4 is 10.1 Å². The molecule has 1 N–H and O–H groups in total. The second kappa shape index (κ2) is 11.2. The highest BCUT2D eigenvalue weighted by Crippen LogP contribution is 2.28. The van der Waals surface area contributed by atoms with Gasteiger partial charge in [0.1, 0.15) is 29.5 Å². The largest absolute Gasteiger partial charge is 0.485 e. The van der Waals surface area contributed by atoms with E-state index < -0.39 is 23.1 Å². The van der Waals surface area contributed by atoms with Crippen molar-refractivity contribution >= 4 is 29.1 Å². The standard InChI is InChI=1S/C26H30ClF2N3O4/c1-6-16(10-22(33)36-26(3,4)5)12-30-25(34)23-15(2)31-24-21(11-17(27)13-32(23)24)35-14-18-19(28)8-7-9-20(18)29/h7-9,11,13,16H,6,10,12,14H2,1-5H3,(H,30,34)/t16-/m0/s1. The third-order valence-electron chi connectivity index (χ3n) is 5.48. The average Bonchev–Trinajstić information content (AvgIpc) is 3.10. The van der Waals surface area contributed by atoms with Gasteiger partial charge in [-0.05, 0) is 45.7 Å². The maximum Gasteiger partial charge on any atom is 0.306 e. The molecule has 0 unspecified atom stereocenters. The van der Waals surface area contributed by atoms with Crippen LogP contribution in [-0.4, -0.2) is 33.4 Å². The normalized spacial score (nSPS) is 12.4. The van der Waals surface area contributed by atoms with Gasteiger partial charge in [-0.3, -0.25) is 14.0 Å². The Kier molecular flexibility index (Phi) is 8.55. The van der Waals surface area contributed by atoms with Crippen LogP contribution in [0.2, 0.25) is 5.02 Å². The van der Waals surface area contributed by atoms with Gasteiger partial charge in [-0.2, -0.15) is 0 Å². The van der Waals surface area contributed by atoms with Gasteiger partial charge in [-0.15, -0.1) is 0 Å². The molecule has 0 aliphatic heterocycles. The number of aromatic nitrogens is 2. The molecule has 7 nitrogen and oxygen atoms in total. The first-order valence-corrected chi connectivity index (χ1v) is 12.0. The molecule has 2 heterocycles. The van der Waals surface area contributed by atoms with Crippen molar-refractivity contribution in [3.63, 3.8) is 0 Å². The Labute approximate surface area is 213 Å². The summed E-state index contributed by atoms with van der Waals surface area (Å²) < 4.78 is 40.5. The molecule has 0 saturated heterocycles. The molecular formula is C26H30ClF2N3O4. The first-order valence-electron chi connectivity index (χ1n) is 11.6. The third kappa shape index (κ3) is 6.72. The summed E-state index contributed by atoms with van der Waals surface area (Å²) in [6.07, 6.45) is 2.36. The molecule has 0 spiro atoms. The van der Waals surface area contributed by atoms with Gasteiger partial charge in [0.2, 0.25) is 0 Å². The summed E-state index contributed by atoms with van der Waals surface area (Å²) in [5.74, 6) is -2.13. The van der Waals surface area contributed by atoms with E-state index >= 15 is 0 Å². The van der Waals surface area contributed by atoms with Gasteiger partial charge in [0.05, 0.1) is 22.7 Å². The molecule has 0 bridgehead atoms. The minimum absolute atomic E-state index is 0.110. The zero-order chi connectivity index (χ0) is 26.6. The van der Waals surface area contributed by atoms with Crippen LogP contribution >= 0.6 is 11.6 Å². The van der Waals surface area contributed by atoms with Gasteiger partial charge < -0.3 is 14.8 Å². The van der Waals surface area contributed by atoms with Crippen LogP contribution in [0, 0.1) is 24.5 Å². The summed E-state index contributed by atoms with van der Waals surface area (Å²) in [4.78, 5) is 29.7. The number of hydrogen-bond acceptors (Lipinski definition) is 5. The van der Waals surface area contributed by atoms with Crippen LogP contribution in [0.25, 0.3) is 5.65 Å². The fraction of sp³-hybridized carbons (Fsp3) is 0.423. The number of esters is 1. The monoisotopic (exact) mass is 521 g/mol. The molecular weight excluding hydrogens is 492 g/mol. The zero-order valence-electron chi connectivity index (χ0n) is 21.0. The van der Waals surface area contributed by atoms with Gasteiger partial charge in [-0.25, -0.2) is 13.8 Å². The maximum absolute atomic E-state index is 14.0. The molecule has 3 aromatic rings. The van der Waals surface area contributed by atoms with Crippen molar-refractivity contribution in [1.29, 1.82) is 0 Å². The van der Waals surface area contributed by atoms with Crippen molar-refractivity contribution < 1.29 is 27.8 Å². The first-order chi connectivity index (χ1) is 16.9. The molecule has 0 fully saturated rings. The number of aryl methyl sites for hydroxylation is 1. The Hall–Kier alpha value is -3.20. The lowest BCUT2D eigenvalue weighted by molar-refractivity contribution is -0.156. The minimum Gasteiger partial charge on any atom is -0.485 e. The lowest BCUT2D eigenvalue weighted by Crippen LogP contribution is -2.32. The Balaban J connectivity index is 1.78. The molecule has 3 rings (SSSR count). The van der Waals surface area contributed by atoms with Gasteiger partial charge in [-0.1, -0.05) is 31.0 Å². The summed E-state index contributed by atoms with van der Waals surface area (Å²) in [5, 5.41) is 3.10. The van der Waals surface area contributed by atoms with Crippen LogP contribution in [0.15, 0.2) is 30.5 Å². The van der Waals surface area contributed by atoms with Gasteiger partial charge in [0.25, 0.3) is 5.91 Å². The second-order valence-electron chi connectivity index (χ2n) is 9.53. The molecule has 10 heteroatoms. The number of carbonyl (C=O) groups is 2. The van der Waals surface area contributed by atoms with E-state index in [1.807, 2.05) is 6.92 Å². The lowest BCUT2D eigenvalue weighted by Gasteiger charge is -2.22. The molecule has 0 saturated carbocycles. The topological polar surface area (TPSA) is 81.9 Å². The van der Waals surface area contributed by atoms with Crippen LogP contribution in [0.4, 0.5) is 8.78 Å². The summed E-state index contributed by atoms with van der Waals surface area (Å²) in [5.41, 5.74) is 0.120. The van der Waals surface area contributed by atoms with Gasteiger partial charge in [0.15, 0.2) is 11.4 Å². The minimum atomic E-state index is -0.732. The number of benzene rings is 1. The third-order valence-corrected chi connectivity index (χ3v) is 5.69. The summed E-state index contributed by atoms with van der Waals surface area (Å²) in [7, 11) is 0. The SMILES string of the molecule is CC[C@H](CNC(=O)c1c(C)nc2c(OCc3c(F)cccc3F)cc(Cl)cn12)CC(=O)OC(C)(C)C. The molecule has 36 heavy (non-hydrogen) atoms. The second-order valence-corrected chi connectivity index (χ2v) is 9.96. The van der Waals surface area contributed by atoms with Crippen molar-refractivity contribution in [2.75, 3.05) is 6.54 Å². The number of ether oxygens (including phenoxy) is 2. The van der Waals surface area contributed by atoms with Crippen molar-refractivity contribution in [3.05, 3.63) is 64.1 Å². The highest BCUT2D eigenvalue weighted by Gasteiger charge is 2.23. The zero-order valence-corrected chi connectivity index (χ0v) is 21.7. The summed E-state index contributed by atoms with van der Waals surface area (Å²) in [6, 6.07) is 5.02. The lowest BCUT2D eigenvalue weighted by atomic mass is 10.0. The Morgan fingerprint density at radius 3 is 2.50 bits per heavy atom. The van der Waals surface area contributed by atoms with E-state index in [4.69, 9.17) is 21.1 Å². The molecule has 1 aromatic carbocycles. The van der Waals surface area contributed by atoms with Crippen molar-refractivity contribution in [3.8, 4) is 5.75 Å². The highest BCUT2D eigenvalue weighted by atomic mass is 35.5. The molecule has 0 aliphatic rings. The van der Waals surface area contributed by atoms with Gasteiger partial charge >= 0.3 is 5.97 Å². The molecule has 0 aliphatic carbocycles. The van der Waals surface area contributed by atoms with E-state index in [-0.39, 0.29) is 59.1 Å². The van der Waals surface area contributed by atoms with E-state index in [0.29, 0.717) is 12.1 Å². The van der Waals surface area contributed by atoms with Crippen molar-refractivity contribution in [2.45, 2.75) is 59.7 Å².